The van der Waals surface area contributed by atoms with Crippen molar-refractivity contribution >= 4 is 21.8 Å². The summed E-state index contributed by atoms with van der Waals surface area (Å²) in [5, 5.41) is 3.18. The number of likely N-dealkylation sites (tertiary alicyclic amines) is 1. The molecule has 4 heteroatoms. The number of hydrogen-bond donors (Lipinski definition) is 1. The van der Waals surface area contributed by atoms with E-state index < -0.39 is 0 Å². The summed E-state index contributed by atoms with van der Waals surface area (Å²) in [7, 11) is 0. The predicted octanol–water partition coefficient (Wildman–Crippen LogP) is 3.75. The molecule has 0 unspecified atom stereocenters. The second kappa shape index (κ2) is 7.95. The van der Waals surface area contributed by atoms with Crippen molar-refractivity contribution in [3.63, 3.8) is 0 Å². The normalized spacial score (nSPS) is 16.9. The first-order valence-corrected chi connectivity index (χ1v) is 8.69. The Bertz CT molecular complexity index is 482. The first-order chi connectivity index (χ1) is 10.1. The van der Waals surface area contributed by atoms with Crippen molar-refractivity contribution in [2.24, 2.45) is 0 Å². The molecule has 116 valence electrons. The van der Waals surface area contributed by atoms with Gasteiger partial charge in [0.05, 0.1) is 5.56 Å². The molecule has 0 radical (unpaired) electrons. The Labute approximate surface area is 136 Å². The van der Waals surface area contributed by atoms with Gasteiger partial charge in [-0.1, -0.05) is 19.4 Å². The maximum atomic E-state index is 12.3. The van der Waals surface area contributed by atoms with Crippen molar-refractivity contribution in [2.75, 3.05) is 19.6 Å². The van der Waals surface area contributed by atoms with Gasteiger partial charge in [-0.2, -0.15) is 0 Å². The van der Waals surface area contributed by atoms with E-state index >= 15 is 0 Å². The molecule has 1 aliphatic rings. The highest BCUT2D eigenvalue weighted by atomic mass is 79.9. The molecule has 0 atom stereocenters. The predicted molar refractivity (Wildman–Crippen MR) is 90.7 cm³/mol. The molecule has 0 aliphatic carbocycles. The van der Waals surface area contributed by atoms with Crippen LogP contribution < -0.4 is 5.32 Å². The number of amides is 1. The Kier molecular flexibility index (Phi) is 6.24. The van der Waals surface area contributed by atoms with Crippen molar-refractivity contribution in [2.45, 2.75) is 45.6 Å². The number of rotatable bonds is 5. The summed E-state index contributed by atoms with van der Waals surface area (Å²) >= 11 is 3.48. The third-order valence-electron chi connectivity index (χ3n) is 4.12. The van der Waals surface area contributed by atoms with Crippen LogP contribution in [0.15, 0.2) is 22.7 Å². The lowest BCUT2D eigenvalue weighted by Crippen LogP contribution is -2.44. The van der Waals surface area contributed by atoms with Gasteiger partial charge in [-0.3, -0.25) is 4.79 Å². The van der Waals surface area contributed by atoms with E-state index in [9.17, 15) is 4.79 Å². The SMILES string of the molecule is CCCCN1CCC(NC(=O)c2ccc(C)cc2Br)CC1. The summed E-state index contributed by atoms with van der Waals surface area (Å²) in [4.78, 5) is 14.9. The summed E-state index contributed by atoms with van der Waals surface area (Å²) in [6, 6.07) is 6.17. The van der Waals surface area contributed by atoms with E-state index in [1.807, 2.05) is 25.1 Å². The average molecular weight is 353 g/mol. The number of nitrogens with zero attached hydrogens (tertiary/aromatic N) is 1. The molecule has 1 saturated heterocycles. The van der Waals surface area contributed by atoms with E-state index in [1.165, 1.54) is 19.4 Å². The van der Waals surface area contributed by atoms with Crippen LogP contribution in [0.1, 0.15) is 48.5 Å². The van der Waals surface area contributed by atoms with Gasteiger partial charge < -0.3 is 10.2 Å². The summed E-state index contributed by atoms with van der Waals surface area (Å²) in [6.45, 7) is 7.64. The van der Waals surface area contributed by atoms with E-state index in [-0.39, 0.29) is 5.91 Å². The van der Waals surface area contributed by atoms with Crippen molar-refractivity contribution in [3.05, 3.63) is 33.8 Å². The second-order valence-electron chi connectivity index (χ2n) is 5.93. The Balaban J connectivity index is 1.84. The highest BCUT2D eigenvalue weighted by Gasteiger charge is 2.21. The number of unbranched alkanes of at least 4 members (excludes halogenated alkanes) is 1. The molecule has 1 N–H and O–H groups in total. The largest absolute Gasteiger partial charge is 0.349 e. The van der Waals surface area contributed by atoms with Gasteiger partial charge in [0.2, 0.25) is 0 Å². The minimum absolute atomic E-state index is 0.0360. The number of piperidine rings is 1. The highest BCUT2D eigenvalue weighted by Crippen LogP contribution is 2.19. The lowest BCUT2D eigenvalue weighted by molar-refractivity contribution is 0.0910. The summed E-state index contributed by atoms with van der Waals surface area (Å²) in [6.07, 6.45) is 4.63. The molecular weight excluding hydrogens is 328 g/mol. The Hall–Kier alpha value is -0.870. The van der Waals surface area contributed by atoms with Gasteiger partial charge in [0, 0.05) is 23.6 Å². The van der Waals surface area contributed by atoms with Gasteiger partial charge >= 0.3 is 0 Å². The molecule has 0 bridgehead atoms. The van der Waals surface area contributed by atoms with Crippen LogP contribution in [-0.4, -0.2) is 36.5 Å². The summed E-state index contributed by atoms with van der Waals surface area (Å²) < 4.78 is 0.875. The molecule has 1 heterocycles. The van der Waals surface area contributed by atoms with Crippen LogP contribution in [0.2, 0.25) is 0 Å². The smallest absolute Gasteiger partial charge is 0.252 e. The number of hydrogen-bond acceptors (Lipinski definition) is 2. The minimum atomic E-state index is 0.0360. The molecule has 0 spiro atoms. The van der Waals surface area contributed by atoms with Gasteiger partial charge in [0.1, 0.15) is 0 Å². The zero-order valence-electron chi connectivity index (χ0n) is 13.0. The van der Waals surface area contributed by atoms with Gasteiger partial charge in [0.25, 0.3) is 5.91 Å². The molecule has 1 fully saturated rings. The quantitative estimate of drug-likeness (QED) is 0.874. The zero-order valence-corrected chi connectivity index (χ0v) is 14.6. The number of halogens is 1. The fraction of sp³-hybridized carbons (Fsp3) is 0.588. The van der Waals surface area contributed by atoms with Crippen molar-refractivity contribution in [1.29, 1.82) is 0 Å². The maximum absolute atomic E-state index is 12.3. The van der Waals surface area contributed by atoms with Crippen molar-refractivity contribution < 1.29 is 4.79 Å². The number of aryl methyl sites for hydroxylation is 1. The third kappa shape index (κ3) is 4.82. The van der Waals surface area contributed by atoms with Crippen molar-refractivity contribution in [3.8, 4) is 0 Å². The summed E-state index contributed by atoms with van der Waals surface area (Å²) in [5.74, 6) is 0.0360. The van der Waals surface area contributed by atoms with Crippen LogP contribution >= 0.6 is 15.9 Å². The van der Waals surface area contributed by atoms with E-state index in [1.54, 1.807) is 0 Å². The van der Waals surface area contributed by atoms with Crippen LogP contribution in [-0.2, 0) is 0 Å². The molecule has 0 aromatic heterocycles. The molecule has 1 aliphatic heterocycles. The third-order valence-corrected chi connectivity index (χ3v) is 4.78. The minimum Gasteiger partial charge on any atom is -0.349 e. The molecule has 1 aromatic carbocycles. The highest BCUT2D eigenvalue weighted by molar-refractivity contribution is 9.10. The van der Waals surface area contributed by atoms with Gasteiger partial charge in [0.15, 0.2) is 0 Å². The molecule has 1 aromatic rings. The lowest BCUT2D eigenvalue weighted by Gasteiger charge is -2.32. The van der Waals surface area contributed by atoms with Crippen LogP contribution in [0.4, 0.5) is 0 Å². The molecule has 0 saturated carbocycles. The molecule has 21 heavy (non-hydrogen) atoms. The van der Waals surface area contributed by atoms with Crippen LogP contribution in [0, 0.1) is 6.92 Å². The van der Waals surface area contributed by atoms with E-state index in [0.717, 1.165) is 41.5 Å². The monoisotopic (exact) mass is 352 g/mol. The number of carbonyl (C=O) groups is 1. The number of benzene rings is 1. The average Bonchev–Trinajstić information content (AvgIpc) is 2.46. The first-order valence-electron chi connectivity index (χ1n) is 7.89. The second-order valence-corrected chi connectivity index (χ2v) is 6.78. The first kappa shape index (κ1) is 16.5. The Morgan fingerprint density at radius 3 is 2.71 bits per heavy atom. The van der Waals surface area contributed by atoms with E-state index in [2.05, 4.69) is 33.1 Å². The molecule has 3 nitrogen and oxygen atoms in total. The maximum Gasteiger partial charge on any atom is 0.252 e. The van der Waals surface area contributed by atoms with Gasteiger partial charge in [-0.05, 0) is 66.4 Å². The molecular formula is C17H25BrN2O. The fourth-order valence-electron chi connectivity index (χ4n) is 2.75. The van der Waals surface area contributed by atoms with Crippen LogP contribution in [0.5, 0.6) is 0 Å². The number of nitrogens with one attached hydrogen (secondary N) is 1. The molecule has 1 amide bonds. The topological polar surface area (TPSA) is 32.3 Å². The van der Waals surface area contributed by atoms with Gasteiger partial charge in [-0.25, -0.2) is 0 Å². The standard InChI is InChI=1S/C17H25BrN2O/c1-3-4-9-20-10-7-14(8-11-20)19-17(21)15-6-5-13(2)12-16(15)18/h5-6,12,14H,3-4,7-11H2,1-2H3,(H,19,21). The van der Waals surface area contributed by atoms with E-state index in [0.29, 0.717) is 6.04 Å². The Morgan fingerprint density at radius 2 is 2.10 bits per heavy atom. The fourth-order valence-corrected chi connectivity index (χ4v) is 3.42. The molecule has 2 rings (SSSR count). The van der Waals surface area contributed by atoms with Crippen molar-refractivity contribution in [1.82, 2.24) is 10.2 Å². The van der Waals surface area contributed by atoms with Gasteiger partial charge in [-0.15, -0.1) is 0 Å². The summed E-state index contributed by atoms with van der Waals surface area (Å²) in [5.41, 5.74) is 1.89. The van der Waals surface area contributed by atoms with E-state index in [4.69, 9.17) is 0 Å². The van der Waals surface area contributed by atoms with Crippen LogP contribution in [0.25, 0.3) is 0 Å². The number of carbonyl (C=O) groups excluding carboxylic acids is 1. The zero-order chi connectivity index (χ0) is 15.2. The van der Waals surface area contributed by atoms with Crippen LogP contribution in [0.3, 0.4) is 0 Å². The Morgan fingerprint density at radius 1 is 1.38 bits per heavy atom. The lowest BCUT2D eigenvalue weighted by atomic mass is 10.0.